The number of amides is 3. The number of aliphatic hydroxyl groups excluding tert-OH is 8. The quantitative estimate of drug-likeness (QED) is 0.0572. The number of carboxylic acid groups (broad SMARTS) is 1. The SMILES string of the molecule is C.C.CO[C@@H]1C(C(=O)NCCCCCCN)O[C@@H](OC2[C@H](O)C(CO)O[C@@H](C)[C@H]2NC(C)=O)[C@@H](O)C1O.CO[C@@H]1C(C(=O)O)O[C@@H](OC2[C@H](O)C(CO)O[C@@H](C)[C@H]2NC(C)=O)[C@@H](O)C1O. The van der Waals surface area contributed by atoms with Gasteiger partial charge in [-0.15, -0.1) is 0 Å². The van der Waals surface area contributed by atoms with E-state index in [0.29, 0.717) is 13.1 Å². The maximum atomic E-state index is 12.8. The summed E-state index contributed by atoms with van der Waals surface area (Å²) in [6.07, 6.45) is -20.4. The standard InChI is InChI=1S/C22H41N3O10.C16H27NO11.2CH4/c1-11-14(25-12(2)27)18(15(28)13(10-26)33-11)34-22-17(30)16(29)19(32-3)20(35-22)21(31)24-9-7-5-4-6-8-23;1-5-8(17-6(2)19)12(9(20)7(4-18)26-5)27-16-11(22)10(21)13(25-3)14(28-16)15(23)24;;/h11,13-20,22,26,28-30H,4-10,23H2,1-3H3,(H,24,31)(H,25,27);5,7-14,16,18,20-22H,4H2,1-3H3,(H,17,19)(H,23,24);2*1H4/t11-,13?,14+,15+,16?,17-,18?,19-,20?,22+;5-,7?,8+,9+,10?,11-,12?,13-,14?,16+;;/m00../s1. The number of methoxy groups -OCH3 is 2. The first kappa shape index (κ1) is 60.2. The minimum atomic E-state index is -1.70. The molecule has 382 valence electrons. The number of nitrogens with one attached hydrogen (secondary N) is 3. The number of hydrogen-bond donors (Lipinski definition) is 13. The van der Waals surface area contributed by atoms with Crippen molar-refractivity contribution in [2.45, 2.75) is 191 Å². The van der Waals surface area contributed by atoms with Crippen molar-refractivity contribution in [1.82, 2.24) is 16.0 Å². The number of carbonyl (C=O) groups is 4. The van der Waals surface area contributed by atoms with Gasteiger partial charge in [-0.2, -0.15) is 0 Å². The molecule has 25 heteroatoms. The molecule has 0 bridgehead atoms. The summed E-state index contributed by atoms with van der Waals surface area (Å²) in [7, 11) is 2.43. The Bertz CT molecular complexity index is 1440. The molecule has 65 heavy (non-hydrogen) atoms. The lowest BCUT2D eigenvalue weighted by Crippen LogP contribution is -2.68. The Hall–Kier alpha value is -2.80. The summed E-state index contributed by atoms with van der Waals surface area (Å²) in [6, 6.07) is -1.76. The monoisotopic (exact) mass is 949 g/mol. The average molecular weight is 949 g/mol. The van der Waals surface area contributed by atoms with Crippen LogP contribution in [0.2, 0.25) is 0 Å². The van der Waals surface area contributed by atoms with Crippen molar-refractivity contribution < 1.29 is 103 Å². The highest BCUT2D eigenvalue weighted by atomic mass is 16.7. The number of hydrogen-bond acceptors (Lipinski definition) is 21. The van der Waals surface area contributed by atoms with Crippen LogP contribution in [0.25, 0.3) is 0 Å². The number of nitrogens with two attached hydrogens (primary N) is 1. The Morgan fingerprint density at radius 1 is 0.585 bits per heavy atom. The smallest absolute Gasteiger partial charge is 0.335 e. The third kappa shape index (κ3) is 15.6. The van der Waals surface area contributed by atoms with Crippen LogP contribution in [0.4, 0.5) is 0 Å². The molecule has 4 aliphatic rings. The molecule has 25 nitrogen and oxygen atoms in total. The molecule has 4 rings (SSSR count). The molecule has 0 aliphatic carbocycles. The first-order chi connectivity index (χ1) is 29.8. The summed E-state index contributed by atoms with van der Waals surface area (Å²) in [6.45, 7) is 5.67. The second-order valence-corrected chi connectivity index (χ2v) is 15.8. The number of aliphatic carboxylic acids is 1. The number of carbonyl (C=O) groups excluding carboxylic acids is 3. The van der Waals surface area contributed by atoms with Gasteiger partial charge in [-0.05, 0) is 33.2 Å². The molecule has 4 saturated heterocycles. The van der Waals surface area contributed by atoms with Crippen LogP contribution in [0.15, 0.2) is 0 Å². The Balaban J connectivity index is 0.000000645. The van der Waals surface area contributed by atoms with Crippen LogP contribution in [0.5, 0.6) is 0 Å². The zero-order valence-corrected chi connectivity index (χ0v) is 36.2. The van der Waals surface area contributed by atoms with Gasteiger partial charge in [-0.1, -0.05) is 27.7 Å². The van der Waals surface area contributed by atoms with E-state index in [4.69, 9.17) is 43.6 Å². The maximum Gasteiger partial charge on any atom is 0.335 e. The highest BCUT2D eigenvalue weighted by Gasteiger charge is 2.54. The highest BCUT2D eigenvalue weighted by Crippen LogP contribution is 2.32. The predicted molar refractivity (Wildman–Crippen MR) is 224 cm³/mol. The molecule has 8 unspecified atom stereocenters. The van der Waals surface area contributed by atoms with Gasteiger partial charge >= 0.3 is 5.97 Å². The molecule has 20 atom stereocenters. The summed E-state index contributed by atoms with van der Waals surface area (Å²) in [5.74, 6) is -2.86. The predicted octanol–water partition coefficient (Wildman–Crippen LogP) is -5.05. The average Bonchev–Trinajstić information content (AvgIpc) is 3.23. The van der Waals surface area contributed by atoms with Crippen molar-refractivity contribution in [3.63, 3.8) is 0 Å². The molecule has 0 aromatic heterocycles. The summed E-state index contributed by atoms with van der Waals surface area (Å²) >= 11 is 0. The third-order valence-corrected chi connectivity index (χ3v) is 11.2. The molecule has 0 aromatic carbocycles. The van der Waals surface area contributed by atoms with Gasteiger partial charge in [0.2, 0.25) is 11.8 Å². The number of carboxylic acids is 1. The van der Waals surface area contributed by atoms with Crippen molar-refractivity contribution in [3.05, 3.63) is 0 Å². The Kier molecular flexibility index (Phi) is 26.4. The van der Waals surface area contributed by atoms with Crippen LogP contribution in [0.3, 0.4) is 0 Å². The van der Waals surface area contributed by atoms with E-state index >= 15 is 0 Å². The van der Waals surface area contributed by atoms with Gasteiger partial charge in [0, 0.05) is 34.6 Å². The van der Waals surface area contributed by atoms with E-state index in [9.17, 15) is 65.1 Å². The van der Waals surface area contributed by atoms with Crippen LogP contribution in [-0.4, -0.2) is 232 Å². The van der Waals surface area contributed by atoms with Crippen LogP contribution < -0.4 is 21.7 Å². The largest absolute Gasteiger partial charge is 0.479 e. The second kappa shape index (κ2) is 28.5. The van der Waals surface area contributed by atoms with Gasteiger partial charge in [0.25, 0.3) is 5.91 Å². The van der Waals surface area contributed by atoms with E-state index in [-0.39, 0.29) is 14.9 Å². The lowest BCUT2D eigenvalue weighted by Gasteiger charge is -2.47. The zero-order chi connectivity index (χ0) is 47.3. The molecule has 0 radical (unpaired) electrons. The summed E-state index contributed by atoms with van der Waals surface area (Å²) in [5.41, 5.74) is 5.48. The van der Waals surface area contributed by atoms with Gasteiger partial charge in [-0.25, -0.2) is 4.79 Å². The molecule has 4 heterocycles. The molecular formula is C40H76N4O21. The number of ether oxygens (including phenoxy) is 8. The lowest BCUT2D eigenvalue weighted by atomic mass is 9.92. The first-order valence-corrected chi connectivity index (χ1v) is 20.8. The summed E-state index contributed by atoms with van der Waals surface area (Å²) < 4.78 is 43.6. The van der Waals surface area contributed by atoms with E-state index in [1.165, 1.54) is 21.0 Å². The van der Waals surface area contributed by atoms with Crippen LogP contribution >= 0.6 is 0 Å². The normalized spacial score (nSPS) is 39.2. The van der Waals surface area contributed by atoms with Crippen LogP contribution in [-0.2, 0) is 57.1 Å². The minimum Gasteiger partial charge on any atom is -0.479 e. The molecule has 0 spiro atoms. The summed E-state index contributed by atoms with van der Waals surface area (Å²) in [5, 5.41) is 99.1. The third-order valence-electron chi connectivity index (χ3n) is 11.2. The zero-order valence-electron chi connectivity index (χ0n) is 36.2. The van der Waals surface area contributed by atoms with Crippen LogP contribution in [0.1, 0.15) is 68.2 Å². The molecule has 0 saturated carbocycles. The fourth-order valence-electron chi connectivity index (χ4n) is 7.84. The van der Waals surface area contributed by atoms with Crippen molar-refractivity contribution in [3.8, 4) is 0 Å². The van der Waals surface area contributed by atoms with Crippen molar-refractivity contribution in [2.24, 2.45) is 5.73 Å². The summed E-state index contributed by atoms with van der Waals surface area (Å²) in [4.78, 5) is 47.5. The van der Waals surface area contributed by atoms with Crippen LogP contribution in [0, 0.1) is 0 Å². The molecule has 4 fully saturated rings. The van der Waals surface area contributed by atoms with E-state index in [1.54, 1.807) is 13.8 Å². The Morgan fingerprint density at radius 3 is 1.35 bits per heavy atom. The molecular weight excluding hydrogens is 872 g/mol. The van der Waals surface area contributed by atoms with Gasteiger partial charge in [0.15, 0.2) is 24.8 Å². The number of rotatable bonds is 18. The highest BCUT2D eigenvalue weighted by molar-refractivity contribution is 5.81. The lowest BCUT2D eigenvalue weighted by molar-refractivity contribution is -0.327. The van der Waals surface area contributed by atoms with Gasteiger partial charge in [-0.3, -0.25) is 14.4 Å². The second-order valence-electron chi connectivity index (χ2n) is 15.8. The van der Waals surface area contributed by atoms with Crippen molar-refractivity contribution >= 4 is 23.7 Å². The molecule has 3 amide bonds. The fraction of sp³-hybridized carbons (Fsp3) is 0.900. The van der Waals surface area contributed by atoms with E-state index < -0.39 is 159 Å². The van der Waals surface area contributed by atoms with Gasteiger partial charge in [0.05, 0.1) is 37.5 Å². The van der Waals surface area contributed by atoms with E-state index in [0.717, 1.165) is 32.8 Å². The first-order valence-electron chi connectivity index (χ1n) is 20.8. The maximum absolute atomic E-state index is 12.8. The van der Waals surface area contributed by atoms with Crippen molar-refractivity contribution in [2.75, 3.05) is 40.5 Å². The minimum absolute atomic E-state index is 0. The van der Waals surface area contributed by atoms with Crippen molar-refractivity contribution in [1.29, 1.82) is 0 Å². The van der Waals surface area contributed by atoms with Gasteiger partial charge < -0.3 is 106 Å². The van der Waals surface area contributed by atoms with E-state index in [1.807, 2.05) is 0 Å². The van der Waals surface area contributed by atoms with Gasteiger partial charge in [0.1, 0.15) is 73.2 Å². The Labute approximate surface area is 379 Å². The number of unbranched alkanes of at least 4 members (excludes halogenated alkanes) is 3. The Morgan fingerprint density at radius 2 is 0.985 bits per heavy atom. The molecule has 4 aliphatic heterocycles. The molecule has 0 aromatic rings. The molecule has 14 N–H and O–H groups in total. The van der Waals surface area contributed by atoms with E-state index in [2.05, 4.69) is 16.0 Å². The topological polar surface area (TPSA) is 386 Å². The number of aliphatic hydroxyl groups is 8. The fourth-order valence-corrected chi connectivity index (χ4v) is 7.84.